The van der Waals surface area contributed by atoms with Crippen LogP contribution in [0.5, 0.6) is 0 Å². The molecule has 0 N–H and O–H groups in total. The SMILES string of the molecule is CC(C)OC(OC(C)C)C(C)(OC(C)C)C(=O)[O-].[Zr]. The van der Waals surface area contributed by atoms with Gasteiger partial charge in [-0.2, -0.15) is 0 Å². The first-order chi connectivity index (χ1) is 8.09. The van der Waals surface area contributed by atoms with Crippen LogP contribution in [-0.2, 0) is 45.2 Å². The van der Waals surface area contributed by atoms with Gasteiger partial charge in [0.1, 0.15) is 0 Å². The van der Waals surface area contributed by atoms with Crippen LogP contribution < -0.4 is 5.11 Å². The van der Waals surface area contributed by atoms with Crippen molar-refractivity contribution < 1.29 is 50.3 Å². The Morgan fingerprint density at radius 2 is 1.32 bits per heavy atom. The Balaban J connectivity index is 0. The zero-order valence-electron chi connectivity index (χ0n) is 12.9. The smallest absolute Gasteiger partial charge is 0.192 e. The monoisotopic (exact) mass is 351 g/mol. The number of rotatable bonds is 8. The third-order valence-electron chi connectivity index (χ3n) is 2.13. The van der Waals surface area contributed by atoms with Crippen molar-refractivity contribution in [3.05, 3.63) is 0 Å². The van der Waals surface area contributed by atoms with Crippen molar-refractivity contribution in [2.75, 3.05) is 0 Å². The zero-order valence-corrected chi connectivity index (χ0v) is 15.3. The van der Waals surface area contributed by atoms with Gasteiger partial charge in [-0.3, -0.25) is 0 Å². The predicted octanol–water partition coefficient (Wildman–Crippen LogP) is 1.09. The number of carboxylic acid groups (broad SMARTS) is 1. The molecule has 1 atom stereocenters. The Labute approximate surface area is 135 Å². The first kappa shape index (κ1) is 21.5. The second-order valence-electron chi connectivity index (χ2n) is 5.26. The largest absolute Gasteiger partial charge is 0.547 e. The van der Waals surface area contributed by atoms with Crippen LogP contribution in [0.2, 0.25) is 0 Å². The van der Waals surface area contributed by atoms with E-state index in [9.17, 15) is 9.90 Å². The van der Waals surface area contributed by atoms with Gasteiger partial charge in [-0.15, -0.1) is 0 Å². The fourth-order valence-corrected chi connectivity index (χ4v) is 1.48. The molecule has 0 aliphatic rings. The van der Waals surface area contributed by atoms with Crippen molar-refractivity contribution in [3.8, 4) is 0 Å². The molecule has 0 spiro atoms. The molecule has 0 amide bonds. The molecular formula is C13H25O5Zr-. The van der Waals surface area contributed by atoms with Crippen LogP contribution in [0.4, 0.5) is 0 Å². The van der Waals surface area contributed by atoms with Gasteiger partial charge in [0.15, 0.2) is 11.9 Å². The summed E-state index contributed by atoms with van der Waals surface area (Å²) in [5.74, 6) is -1.34. The van der Waals surface area contributed by atoms with Crippen LogP contribution in [0.1, 0.15) is 48.5 Å². The van der Waals surface area contributed by atoms with Gasteiger partial charge in [0.05, 0.1) is 24.3 Å². The van der Waals surface area contributed by atoms with Crippen LogP contribution in [-0.4, -0.2) is 36.2 Å². The van der Waals surface area contributed by atoms with E-state index in [1.54, 1.807) is 13.8 Å². The van der Waals surface area contributed by atoms with E-state index < -0.39 is 17.9 Å². The van der Waals surface area contributed by atoms with Crippen LogP contribution in [0.15, 0.2) is 0 Å². The minimum Gasteiger partial charge on any atom is -0.547 e. The van der Waals surface area contributed by atoms with Crippen LogP contribution in [0.25, 0.3) is 0 Å². The van der Waals surface area contributed by atoms with E-state index in [0.29, 0.717) is 0 Å². The van der Waals surface area contributed by atoms with Gasteiger partial charge in [0.25, 0.3) is 0 Å². The maximum Gasteiger partial charge on any atom is 0.192 e. The van der Waals surface area contributed by atoms with E-state index in [4.69, 9.17) is 14.2 Å². The van der Waals surface area contributed by atoms with E-state index in [-0.39, 0.29) is 44.5 Å². The molecule has 0 aromatic heterocycles. The summed E-state index contributed by atoms with van der Waals surface area (Å²) in [6.07, 6.45) is -1.64. The number of aliphatic carboxylic acids is 1. The molecule has 0 fully saturated rings. The first-order valence-corrected chi connectivity index (χ1v) is 6.29. The minimum atomic E-state index is -1.64. The predicted molar refractivity (Wildman–Crippen MR) is 65.9 cm³/mol. The van der Waals surface area contributed by atoms with Gasteiger partial charge in [0.2, 0.25) is 0 Å². The molecule has 1 unspecified atom stereocenters. The molecule has 0 aromatic rings. The Hall–Kier alpha value is 0.233. The van der Waals surface area contributed by atoms with E-state index >= 15 is 0 Å². The number of hydrogen-bond acceptors (Lipinski definition) is 5. The van der Waals surface area contributed by atoms with Crippen molar-refractivity contribution in [2.45, 2.75) is 78.7 Å². The summed E-state index contributed by atoms with van der Waals surface area (Å²) in [7, 11) is 0. The van der Waals surface area contributed by atoms with Gasteiger partial charge in [-0.05, 0) is 48.5 Å². The van der Waals surface area contributed by atoms with E-state index in [1.807, 2.05) is 27.7 Å². The first-order valence-electron chi connectivity index (χ1n) is 6.29. The van der Waals surface area contributed by atoms with E-state index in [2.05, 4.69) is 0 Å². The molecule has 0 rings (SSSR count). The van der Waals surface area contributed by atoms with E-state index in [0.717, 1.165) is 0 Å². The fraction of sp³-hybridized carbons (Fsp3) is 0.923. The van der Waals surface area contributed by atoms with Crippen molar-refractivity contribution in [2.24, 2.45) is 0 Å². The Morgan fingerprint density at radius 1 is 0.947 bits per heavy atom. The molecule has 19 heavy (non-hydrogen) atoms. The molecule has 112 valence electrons. The van der Waals surface area contributed by atoms with Gasteiger partial charge in [-0.1, -0.05) is 0 Å². The van der Waals surface area contributed by atoms with Crippen molar-refractivity contribution in [3.63, 3.8) is 0 Å². The van der Waals surface area contributed by atoms with E-state index in [1.165, 1.54) is 6.92 Å². The van der Waals surface area contributed by atoms with Crippen molar-refractivity contribution in [1.29, 1.82) is 0 Å². The van der Waals surface area contributed by atoms with Crippen molar-refractivity contribution in [1.82, 2.24) is 0 Å². The van der Waals surface area contributed by atoms with Gasteiger partial charge >= 0.3 is 0 Å². The summed E-state index contributed by atoms with van der Waals surface area (Å²) in [5.41, 5.74) is -1.64. The molecule has 0 aliphatic heterocycles. The third kappa shape index (κ3) is 7.55. The molecule has 0 saturated heterocycles. The van der Waals surface area contributed by atoms with Crippen LogP contribution in [0, 0.1) is 0 Å². The molecule has 5 nitrogen and oxygen atoms in total. The van der Waals surface area contributed by atoms with Gasteiger partial charge < -0.3 is 24.1 Å². The van der Waals surface area contributed by atoms with Crippen LogP contribution in [0.3, 0.4) is 0 Å². The summed E-state index contributed by atoms with van der Waals surface area (Å²) in [6.45, 7) is 12.1. The topological polar surface area (TPSA) is 67.8 Å². The molecule has 6 heteroatoms. The molecule has 0 aromatic carbocycles. The molecular weight excluding hydrogens is 327 g/mol. The Morgan fingerprint density at radius 3 is 1.53 bits per heavy atom. The number of carbonyl (C=O) groups excluding carboxylic acids is 1. The van der Waals surface area contributed by atoms with Gasteiger partial charge in [0, 0.05) is 26.2 Å². The quantitative estimate of drug-likeness (QED) is 0.612. The fourth-order valence-electron chi connectivity index (χ4n) is 1.48. The normalized spacial score (nSPS) is 14.9. The molecule has 0 radical (unpaired) electrons. The molecule has 0 saturated carbocycles. The molecule has 0 aliphatic carbocycles. The number of ether oxygens (including phenoxy) is 3. The Kier molecular flexibility index (Phi) is 10.4. The minimum absolute atomic E-state index is 0. The summed E-state index contributed by atoms with van der Waals surface area (Å²) >= 11 is 0. The summed E-state index contributed by atoms with van der Waals surface area (Å²) in [6, 6.07) is 0. The summed E-state index contributed by atoms with van der Waals surface area (Å²) in [4.78, 5) is 11.4. The second-order valence-corrected chi connectivity index (χ2v) is 5.26. The van der Waals surface area contributed by atoms with Crippen LogP contribution >= 0.6 is 0 Å². The molecule has 0 bridgehead atoms. The summed E-state index contributed by atoms with van der Waals surface area (Å²) in [5, 5.41) is 11.4. The standard InChI is InChI=1S/C13H26O5.Zr/c1-8(2)16-12(17-9(3)4)13(7,11(14)15)18-10(5)6;/h8-10,12H,1-7H3,(H,14,15);/p-1. The van der Waals surface area contributed by atoms with Gasteiger partial charge in [-0.25, -0.2) is 0 Å². The molecule has 0 heterocycles. The average molecular weight is 353 g/mol. The summed E-state index contributed by atoms with van der Waals surface area (Å²) < 4.78 is 16.5. The third-order valence-corrected chi connectivity index (χ3v) is 2.13. The number of carboxylic acids is 1. The maximum absolute atomic E-state index is 11.4. The number of hydrogen-bond donors (Lipinski definition) is 0. The van der Waals surface area contributed by atoms with Crippen molar-refractivity contribution >= 4 is 5.97 Å². The zero-order chi connectivity index (χ0) is 14.5. The average Bonchev–Trinajstić information content (AvgIpc) is 2.13. The maximum atomic E-state index is 11.4. The number of carbonyl (C=O) groups is 1. The second kappa shape index (κ2) is 9.22. The Bertz CT molecular complexity index is 258.